The van der Waals surface area contributed by atoms with E-state index in [2.05, 4.69) is 0 Å². The summed E-state index contributed by atoms with van der Waals surface area (Å²) >= 11 is 1.38. The van der Waals surface area contributed by atoms with Gasteiger partial charge in [0.05, 0.1) is 10.4 Å². The Balaban J connectivity index is 0.00000176. The van der Waals surface area contributed by atoms with E-state index in [1.807, 2.05) is 11.4 Å². The molecule has 2 N–H and O–H groups in total. The second-order valence-electron chi connectivity index (χ2n) is 5.15. The minimum Gasteiger partial charge on any atom is -0.337 e. The average Bonchev–Trinajstić information content (AvgIpc) is 3.17. The highest BCUT2D eigenvalue weighted by Crippen LogP contribution is 2.21. The average molecular weight is 337 g/mol. The molecular weight excluding hydrogens is 320 g/mol. The lowest BCUT2D eigenvalue weighted by molar-refractivity contribution is 0.0786. The fraction of sp³-hybridized carbons (Fsp3) is 0.250. The van der Waals surface area contributed by atoms with E-state index in [0.717, 1.165) is 6.42 Å². The number of nitrogens with two attached hydrogens (primary N) is 1. The number of likely N-dealkylation sites (tertiary alicyclic amines) is 1. The predicted molar refractivity (Wildman–Crippen MR) is 89.9 cm³/mol. The van der Waals surface area contributed by atoms with E-state index >= 15 is 0 Å². The van der Waals surface area contributed by atoms with Gasteiger partial charge < -0.3 is 10.6 Å². The zero-order valence-electron chi connectivity index (χ0n) is 11.9. The van der Waals surface area contributed by atoms with Gasteiger partial charge in [0.1, 0.15) is 0 Å². The molecule has 1 aromatic heterocycles. The maximum absolute atomic E-state index is 12.6. The molecule has 22 heavy (non-hydrogen) atoms. The molecule has 1 amide bonds. The lowest BCUT2D eigenvalue weighted by Crippen LogP contribution is -2.32. The number of carbonyl (C=O) groups excluding carboxylic acids is 2. The lowest BCUT2D eigenvalue weighted by Gasteiger charge is -2.17. The Morgan fingerprint density at radius 3 is 2.45 bits per heavy atom. The summed E-state index contributed by atoms with van der Waals surface area (Å²) in [7, 11) is 0. The molecule has 1 aliphatic heterocycles. The van der Waals surface area contributed by atoms with Crippen LogP contribution in [-0.2, 0) is 0 Å². The predicted octanol–water partition coefficient (Wildman–Crippen LogP) is 2.57. The van der Waals surface area contributed by atoms with Crippen LogP contribution in [-0.4, -0.2) is 35.7 Å². The first kappa shape index (κ1) is 16.7. The van der Waals surface area contributed by atoms with Gasteiger partial charge in [-0.25, -0.2) is 0 Å². The molecule has 6 heteroatoms. The number of rotatable bonds is 3. The topological polar surface area (TPSA) is 63.4 Å². The van der Waals surface area contributed by atoms with Crippen molar-refractivity contribution in [2.75, 3.05) is 13.1 Å². The Kier molecular flexibility index (Phi) is 5.34. The molecule has 1 atom stereocenters. The van der Waals surface area contributed by atoms with Crippen LogP contribution in [0.2, 0.25) is 0 Å². The minimum atomic E-state index is -0.108. The monoisotopic (exact) mass is 336 g/mol. The van der Waals surface area contributed by atoms with Gasteiger partial charge in [0.2, 0.25) is 5.78 Å². The van der Waals surface area contributed by atoms with E-state index in [1.165, 1.54) is 11.3 Å². The highest BCUT2D eigenvalue weighted by Gasteiger charge is 2.27. The van der Waals surface area contributed by atoms with Crippen molar-refractivity contribution in [2.24, 2.45) is 5.73 Å². The summed E-state index contributed by atoms with van der Waals surface area (Å²) in [6.07, 6.45) is 0.812. The minimum absolute atomic E-state index is 0. The van der Waals surface area contributed by atoms with E-state index in [9.17, 15) is 9.59 Å². The summed E-state index contributed by atoms with van der Waals surface area (Å²) < 4.78 is 0. The molecule has 0 aliphatic carbocycles. The van der Waals surface area contributed by atoms with Gasteiger partial charge in [-0.2, -0.15) is 0 Å². The normalized spacial score (nSPS) is 17.1. The molecule has 0 radical (unpaired) electrons. The van der Waals surface area contributed by atoms with Crippen molar-refractivity contribution in [1.82, 2.24) is 4.90 Å². The molecule has 116 valence electrons. The summed E-state index contributed by atoms with van der Waals surface area (Å²) in [6, 6.07) is 10.6. The first-order valence-electron chi connectivity index (χ1n) is 6.89. The van der Waals surface area contributed by atoms with E-state index in [-0.39, 0.29) is 30.1 Å². The number of amides is 1. The lowest BCUT2D eigenvalue weighted by atomic mass is 10.0. The molecule has 1 saturated heterocycles. The highest BCUT2D eigenvalue weighted by molar-refractivity contribution is 7.12. The summed E-state index contributed by atoms with van der Waals surface area (Å²) in [6.45, 7) is 1.21. The van der Waals surface area contributed by atoms with Crippen molar-refractivity contribution in [3.05, 3.63) is 57.8 Å². The van der Waals surface area contributed by atoms with Gasteiger partial charge in [-0.15, -0.1) is 23.7 Å². The summed E-state index contributed by atoms with van der Waals surface area (Å²) in [5.41, 5.74) is 6.78. The zero-order chi connectivity index (χ0) is 14.8. The molecule has 0 saturated carbocycles. The van der Waals surface area contributed by atoms with Gasteiger partial charge in [0, 0.05) is 24.7 Å². The van der Waals surface area contributed by atoms with Crippen LogP contribution in [0.5, 0.6) is 0 Å². The number of nitrogens with zero attached hydrogens (tertiary/aromatic N) is 1. The van der Waals surface area contributed by atoms with E-state index in [0.29, 0.717) is 29.1 Å². The van der Waals surface area contributed by atoms with Crippen molar-refractivity contribution < 1.29 is 9.59 Å². The van der Waals surface area contributed by atoms with Crippen molar-refractivity contribution in [2.45, 2.75) is 12.5 Å². The molecular formula is C16H17ClN2O2S. The summed E-state index contributed by atoms with van der Waals surface area (Å²) in [4.78, 5) is 27.5. The molecule has 1 aliphatic rings. The SMILES string of the molecule is Cl.N[C@@H]1CCN(C(=O)c2ccccc2C(=O)c2cccs2)C1. The van der Waals surface area contributed by atoms with Crippen molar-refractivity contribution in [3.8, 4) is 0 Å². The van der Waals surface area contributed by atoms with Crippen LogP contribution in [0, 0.1) is 0 Å². The number of benzene rings is 1. The van der Waals surface area contributed by atoms with Crippen molar-refractivity contribution in [3.63, 3.8) is 0 Å². The largest absolute Gasteiger partial charge is 0.337 e. The third kappa shape index (κ3) is 3.21. The van der Waals surface area contributed by atoms with Crippen LogP contribution in [0.15, 0.2) is 41.8 Å². The maximum Gasteiger partial charge on any atom is 0.254 e. The smallest absolute Gasteiger partial charge is 0.254 e. The highest BCUT2D eigenvalue weighted by atomic mass is 35.5. The van der Waals surface area contributed by atoms with Gasteiger partial charge in [0.15, 0.2) is 0 Å². The Morgan fingerprint density at radius 1 is 1.14 bits per heavy atom. The van der Waals surface area contributed by atoms with Gasteiger partial charge in [-0.05, 0) is 23.9 Å². The summed E-state index contributed by atoms with van der Waals surface area (Å²) in [5.74, 6) is -0.207. The molecule has 0 spiro atoms. The summed E-state index contributed by atoms with van der Waals surface area (Å²) in [5, 5.41) is 1.86. The van der Waals surface area contributed by atoms with Gasteiger partial charge in [0.25, 0.3) is 5.91 Å². The second-order valence-corrected chi connectivity index (χ2v) is 6.10. The number of hydrogen-bond acceptors (Lipinski definition) is 4. The van der Waals surface area contributed by atoms with Crippen LogP contribution in [0.25, 0.3) is 0 Å². The van der Waals surface area contributed by atoms with E-state index in [1.54, 1.807) is 35.2 Å². The molecule has 1 aromatic carbocycles. The fourth-order valence-electron chi connectivity index (χ4n) is 2.55. The van der Waals surface area contributed by atoms with E-state index < -0.39 is 0 Å². The quantitative estimate of drug-likeness (QED) is 0.876. The molecule has 0 bridgehead atoms. The van der Waals surface area contributed by atoms with Crippen LogP contribution in [0.4, 0.5) is 0 Å². The molecule has 2 aromatic rings. The molecule has 4 nitrogen and oxygen atoms in total. The first-order chi connectivity index (χ1) is 10.2. The Bertz CT molecular complexity index is 673. The van der Waals surface area contributed by atoms with Crippen molar-refractivity contribution in [1.29, 1.82) is 0 Å². The Labute approximate surface area is 139 Å². The zero-order valence-corrected chi connectivity index (χ0v) is 13.5. The maximum atomic E-state index is 12.6. The molecule has 0 unspecified atom stereocenters. The van der Waals surface area contributed by atoms with Crippen LogP contribution in [0.3, 0.4) is 0 Å². The molecule has 2 heterocycles. The van der Waals surface area contributed by atoms with E-state index in [4.69, 9.17) is 5.73 Å². The van der Waals surface area contributed by atoms with Gasteiger partial charge >= 0.3 is 0 Å². The number of hydrogen-bond donors (Lipinski definition) is 1. The standard InChI is InChI=1S/C16H16N2O2S.ClH/c17-11-7-8-18(10-11)16(20)13-5-2-1-4-12(13)15(19)14-6-3-9-21-14;/h1-6,9,11H,7-8,10,17H2;1H/t11-;/m1./s1. The van der Waals surface area contributed by atoms with Crippen LogP contribution in [0.1, 0.15) is 32.0 Å². The van der Waals surface area contributed by atoms with Crippen molar-refractivity contribution >= 4 is 35.4 Å². The van der Waals surface area contributed by atoms with Crippen LogP contribution < -0.4 is 5.73 Å². The molecule has 1 fully saturated rings. The number of thiophene rings is 1. The number of ketones is 1. The Morgan fingerprint density at radius 2 is 1.86 bits per heavy atom. The first-order valence-corrected chi connectivity index (χ1v) is 7.77. The van der Waals surface area contributed by atoms with Crippen LogP contribution >= 0.6 is 23.7 Å². The number of carbonyl (C=O) groups is 2. The van der Waals surface area contributed by atoms with Gasteiger partial charge in [-0.1, -0.05) is 24.3 Å². The van der Waals surface area contributed by atoms with Gasteiger partial charge in [-0.3, -0.25) is 9.59 Å². The molecule has 3 rings (SSSR count). The Hall–Kier alpha value is -1.69. The number of halogens is 1. The third-order valence-electron chi connectivity index (χ3n) is 3.66. The fourth-order valence-corrected chi connectivity index (χ4v) is 3.23. The second kappa shape index (κ2) is 7.05. The third-order valence-corrected chi connectivity index (χ3v) is 4.53.